The minimum atomic E-state index is -0.554. The van der Waals surface area contributed by atoms with E-state index in [1.54, 1.807) is 4.90 Å². The predicted octanol–water partition coefficient (Wildman–Crippen LogP) is 5.81. The van der Waals surface area contributed by atoms with Crippen molar-refractivity contribution in [3.63, 3.8) is 0 Å². The van der Waals surface area contributed by atoms with Crippen molar-refractivity contribution in [3.05, 3.63) is 79.7 Å². The summed E-state index contributed by atoms with van der Waals surface area (Å²) in [5.41, 5.74) is 9.92. The average molecular weight is 543 g/mol. The Morgan fingerprint density at radius 1 is 1.26 bits per heavy atom. The van der Waals surface area contributed by atoms with Crippen molar-refractivity contribution < 1.29 is 14.3 Å². The van der Waals surface area contributed by atoms with Gasteiger partial charge in [0.25, 0.3) is 0 Å². The first-order valence-electron chi connectivity index (χ1n) is 11.1. The molecule has 2 aliphatic rings. The van der Waals surface area contributed by atoms with Gasteiger partial charge in [-0.05, 0) is 71.1 Å². The SMILES string of the molecule is CCOc1cc([C@H]2C(C#N)=C(N)N(C)C3=C2C(=O)CCC3)cc(Br)c1OCc1cccc(Cl)c1. The number of rotatable bonds is 6. The number of nitrogens with two attached hydrogens (primary N) is 1. The summed E-state index contributed by atoms with van der Waals surface area (Å²) in [4.78, 5) is 14.8. The van der Waals surface area contributed by atoms with Gasteiger partial charge in [0.2, 0.25) is 0 Å². The molecule has 0 saturated heterocycles. The highest BCUT2D eigenvalue weighted by Gasteiger charge is 2.39. The maximum atomic E-state index is 13.0. The number of ketones is 1. The molecule has 0 fully saturated rings. The molecule has 0 saturated carbocycles. The van der Waals surface area contributed by atoms with Crippen LogP contribution < -0.4 is 15.2 Å². The molecule has 1 atom stereocenters. The highest BCUT2D eigenvalue weighted by Crippen LogP contribution is 2.47. The van der Waals surface area contributed by atoms with Crippen molar-refractivity contribution in [2.75, 3.05) is 13.7 Å². The number of benzene rings is 2. The molecule has 0 bridgehead atoms. The van der Waals surface area contributed by atoms with Crippen LogP contribution in [0.25, 0.3) is 0 Å². The number of ether oxygens (including phenoxy) is 2. The van der Waals surface area contributed by atoms with Crippen molar-refractivity contribution in [3.8, 4) is 17.6 Å². The molecule has 0 radical (unpaired) electrons. The molecule has 1 aliphatic carbocycles. The van der Waals surface area contributed by atoms with Gasteiger partial charge >= 0.3 is 0 Å². The fraction of sp³-hybridized carbons (Fsp3) is 0.308. The first kappa shape index (κ1) is 24.2. The zero-order valence-electron chi connectivity index (χ0n) is 19.0. The Bertz CT molecular complexity index is 1250. The molecule has 8 heteroatoms. The summed E-state index contributed by atoms with van der Waals surface area (Å²) >= 11 is 9.72. The van der Waals surface area contributed by atoms with Crippen LogP contribution >= 0.6 is 27.5 Å². The second kappa shape index (κ2) is 10.1. The van der Waals surface area contributed by atoms with Crippen LogP contribution in [-0.4, -0.2) is 24.3 Å². The molecular formula is C26H25BrClN3O3. The van der Waals surface area contributed by atoms with E-state index in [0.717, 1.165) is 29.7 Å². The van der Waals surface area contributed by atoms with Crippen LogP contribution in [0.15, 0.2) is 63.5 Å². The first-order chi connectivity index (χ1) is 16.3. The van der Waals surface area contributed by atoms with E-state index in [1.165, 1.54) is 0 Å². The zero-order chi connectivity index (χ0) is 24.4. The topological polar surface area (TPSA) is 88.6 Å². The van der Waals surface area contributed by atoms with E-state index in [2.05, 4.69) is 22.0 Å². The highest BCUT2D eigenvalue weighted by molar-refractivity contribution is 9.10. The van der Waals surface area contributed by atoms with E-state index in [1.807, 2.05) is 50.4 Å². The Hall–Kier alpha value is -2.95. The van der Waals surface area contributed by atoms with Crippen molar-refractivity contribution in [1.82, 2.24) is 4.90 Å². The Kier molecular flexibility index (Phi) is 7.20. The summed E-state index contributed by atoms with van der Waals surface area (Å²) in [7, 11) is 1.81. The largest absolute Gasteiger partial charge is 0.490 e. The van der Waals surface area contributed by atoms with E-state index in [0.29, 0.717) is 57.6 Å². The molecule has 0 amide bonds. The molecule has 176 valence electrons. The first-order valence-corrected chi connectivity index (χ1v) is 12.3. The van der Waals surface area contributed by atoms with Gasteiger partial charge in [-0.3, -0.25) is 4.79 Å². The Morgan fingerprint density at radius 2 is 2.06 bits per heavy atom. The van der Waals surface area contributed by atoms with Gasteiger partial charge < -0.3 is 20.1 Å². The number of carbonyl (C=O) groups is 1. The molecule has 34 heavy (non-hydrogen) atoms. The fourth-order valence-corrected chi connectivity index (χ4v) is 5.32. The van der Waals surface area contributed by atoms with Crippen LogP contribution in [0, 0.1) is 11.3 Å². The summed E-state index contributed by atoms with van der Waals surface area (Å²) in [5, 5.41) is 10.6. The maximum absolute atomic E-state index is 13.0. The third kappa shape index (κ3) is 4.53. The van der Waals surface area contributed by atoms with E-state index in [4.69, 9.17) is 26.8 Å². The lowest BCUT2D eigenvalue weighted by atomic mass is 9.76. The number of nitriles is 1. The monoisotopic (exact) mass is 541 g/mol. The number of hydrogen-bond acceptors (Lipinski definition) is 6. The molecule has 6 nitrogen and oxygen atoms in total. The number of halogens is 2. The summed E-state index contributed by atoms with van der Waals surface area (Å²) in [6.45, 7) is 2.62. The quantitative estimate of drug-likeness (QED) is 0.495. The molecule has 1 heterocycles. The highest BCUT2D eigenvalue weighted by atomic mass is 79.9. The number of Topliss-reactive ketones (excluding diaryl/α,β-unsaturated/α-hetero) is 1. The van der Waals surface area contributed by atoms with Gasteiger partial charge in [-0.1, -0.05) is 23.7 Å². The zero-order valence-corrected chi connectivity index (χ0v) is 21.4. The molecule has 4 rings (SSSR count). The lowest BCUT2D eigenvalue weighted by Gasteiger charge is -2.37. The molecule has 1 aliphatic heterocycles. The average Bonchev–Trinajstić information content (AvgIpc) is 2.81. The second-order valence-corrected chi connectivity index (χ2v) is 9.51. The van der Waals surface area contributed by atoms with Crippen LogP contribution in [0.5, 0.6) is 11.5 Å². The Morgan fingerprint density at radius 3 is 2.76 bits per heavy atom. The predicted molar refractivity (Wildman–Crippen MR) is 134 cm³/mol. The van der Waals surface area contributed by atoms with E-state index in [-0.39, 0.29) is 5.78 Å². The molecule has 0 unspecified atom stereocenters. The lowest BCUT2D eigenvalue weighted by Crippen LogP contribution is -2.36. The summed E-state index contributed by atoms with van der Waals surface area (Å²) in [6, 6.07) is 13.4. The number of nitrogens with zero attached hydrogens (tertiary/aromatic N) is 2. The van der Waals surface area contributed by atoms with E-state index in [9.17, 15) is 10.1 Å². The van der Waals surface area contributed by atoms with Gasteiger partial charge in [-0.25, -0.2) is 0 Å². The van der Waals surface area contributed by atoms with E-state index < -0.39 is 5.92 Å². The van der Waals surface area contributed by atoms with Crippen LogP contribution in [-0.2, 0) is 11.4 Å². The Labute approximate surface area is 212 Å². The van der Waals surface area contributed by atoms with Gasteiger partial charge in [-0.2, -0.15) is 5.26 Å². The molecule has 2 aromatic rings. The van der Waals surface area contributed by atoms with Gasteiger partial charge in [0.1, 0.15) is 12.4 Å². The third-order valence-corrected chi connectivity index (χ3v) is 6.93. The number of hydrogen-bond donors (Lipinski definition) is 1. The minimum Gasteiger partial charge on any atom is -0.490 e. The molecule has 0 aromatic heterocycles. The van der Waals surface area contributed by atoms with Crippen molar-refractivity contribution in [1.29, 1.82) is 5.26 Å². The van der Waals surface area contributed by atoms with Crippen LogP contribution in [0.1, 0.15) is 43.2 Å². The number of carbonyl (C=O) groups excluding carboxylic acids is 1. The molecule has 2 N–H and O–H groups in total. The normalized spacial score (nSPS) is 18.0. The molecular weight excluding hydrogens is 518 g/mol. The lowest BCUT2D eigenvalue weighted by molar-refractivity contribution is -0.116. The maximum Gasteiger partial charge on any atom is 0.175 e. The van der Waals surface area contributed by atoms with Gasteiger partial charge in [0.15, 0.2) is 17.3 Å². The summed E-state index contributed by atoms with van der Waals surface area (Å²) in [5.74, 6) is 0.929. The van der Waals surface area contributed by atoms with Gasteiger partial charge in [-0.15, -0.1) is 0 Å². The van der Waals surface area contributed by atoms with Crippen LogP contribution in [0.3, 0.4) is 0 Å². The van der Waals surface area contributed by atoms with Gasteiger partial charge in [0.05, 0.1) is 28.6 Å². The van der Waals surface area contributed by atoms with Gasteiger partial charge in [0, 0.05) is 29.8 Å². The summed E-state index contributed by atoms with van der Waals surface area (Å²) < 4.78 is 12.7. The molecule has 0 spiro atoms. The standard InChI is InChI=1S/C26H25BrClN3O3/c1-3-33-22-12-16(11-19(27)25(22)34-14-15-6-4-7-17(28)10-15)23-18(13-29)26(30)31(2)20-8-5-9-21(32)24(20)23/h4,6-7,10-12,23H,3,5,8-9,14,30H2,1-2H3/t23-/m0/s1. The summed E-state index contributed by atoms with van der Waals surface area (Å²) in [6.07, 6.45) is 1.98. The van der Waals surface area contributed by atoms with Crippen molar-refractivity contribution in [2.45, 2.75) is 38.7 Å². The molecule has 2 aromatic carbocycles. The van der Waals surface area contributed by atoms with Crippen molar-refractivity contribution in [2.24, 2.45) is 5.73 Å². The minimum absolute atomic E-state index is 0.0497. The number of allylic oxidation sites excluding steroid dienone is 3. The van der Waals surface area contributed by atoms with Crippen LogP contribution in [0.4, 0.5) is 0 Å². The van der Waals surface area contributed by atoms with E-state index >= 15 is 0 Å². The third-order valence-electron chi connectivity index (χ3n) is 6.11. The Balaban J connectivity index is 1.78. The van der Waals surface area contributed by atoms with Crippen molar-refractivity contribution >= 4 is 33.3 Å². The second-order valence-electron chi connectivity index (χ2n) is 8.22. The van der Waals surface area contributed by atoms with Crippen LogP contribution in [0.2, 0.25) is 5.02 Å². The smallest absolute Gasteiger partial charge is 0.175 e. The fourth-order valence-electron chi connectivity index (χ4n) is 4.54.